The first-order valence-corrected chi connectivity index (χ1v) is 9.73. The minimum Gasteiger partial charge on any atom is -0.356 e. The number of rotatable bonds is 5. The second-order valence-corrected chi connectivity index (χ2v) is 7.64. The maximum Gasteiger partial charge on any atom is 0.191 e. The number of nitrogens with one attached hydrogen (secondary N) is 2. The molecule has 1 unspecified atom stereocenters. The van der Waals surface area contributed by atoms with Crippen LogP contribution in [0.25, 0.3) is 0 Å². The third-order valence-electron chi connectivity index (χ3n) is 4.43. The van der Waals surface area contributed by atoms with E-state index in [4.69, 9.17) is 0 Å². The Bertz CT molecular complexity index is 752. The second-order valence-electron chi connectivity index (χ2n) is 6.35. The molecular weight excluding hydrogens is 461 g/mol. The zero-order chi connectivity index (χ0) is 17.8. The smallest absolute Gasteiger partial charge is 0.191 e. The van der Waals surface area contributed by atoms with E-state index in [0.29, 0.717) is 6.04 Å². The van der Waals surface area contributed by atoms with Gasteiger partial charge in [0.2, 0.25) is 0 Å². The maximum atomic E-state index is 4.57. The van der Waals surface area contributed by atoms with Crippen LogP contribution in [0.3, 0.4) is 0 Å². The van der Waals surface area contributed by atoms with E-state index >= 15 is 0 Å². The van der Waals surface area contributed by atoms with Crippen molar-refractivity contribution in [1.82, 2.24) is 30.4 Å². The molecule has 26 heavy (non-hydrogen) atoms. The van der Waals surface area contributed by atoms with Gasteiger partial charge in [0.25, 0.3) is 0 Å². The highest BCUT2D eigenvalue weighted by molar-refractivity contribution is 14.0. The van der Waals surface area contributed by atoms with Gasteiger partial charge in [-0.3, -0.25) is 4.99 Å². The van der Waals surface area contributed by atoms with E-state index in [1.165, 1.54) is 4.88 Å². The summed E-state index contributed by atoms with van der Waals surface area (Å²) in [5.74, 6) is 2.89. The van der Waals surface area contributed by atoms with E-state index in [-0.39, 0.29) is 24.0 Å². The highest BCUT2D eigenvalue weighted by atomic mass is 127. The number of guanidine groups is 1. The van der Waals surface area contributed by atoms with Gasteiger partial charge >= 0.3 is 0 Å². The SMILES string of the molecule is CCc1nc2n(n1)CC(NC(=NC)NCCc1sc(C)nc1C)CC2.I. The Labute approximate surface area is 176 Å². The van der Waals surface area contributed by atoms with Gasteiger partial charge in [0, 0.05) is 43.8 Å². The number of nitrogens with zero attached hydrogens (tertiary/aromatic N) is 5. The zero-order valence-corrected chi connectivity index (χ0v) is 19.0. The number of hydrogen-bond acceptors (Lipinski definition) is 5. The van der Waals surface area contributed by atoms with Crippen molar-refractivity contribution in [3.05, 3.63) is 27.2 Å². The Morgan fingerprint density at radius 3 is 2.81 bits per heavy atom. The van der Waals surface area contributed by atoms with Crippen molar-refractivity contribution in [1.29, 1.82) is 0 Å². The quantitative estimate of drug-likeness (QED) is 0.383. The highest BCUT2D eigenvalue weighted by Crippen LogP contribution is 2.17. The summed E-state index contributed by atoms with van der Waals surface area (Å²) in [7, 11) is 1.82. The molecule has 0 spiro atoms. The summed E-state index contributed by atoms with van der Waals surface area (Å²) in [5.41, 5.74) is 1.14. The van der Waals surface area contributed by atoms with Crippen LogP contribution in [0.1, 0.15) is 40.6 Å². The van der Waals surface area contributed by atoms with Crippen molar-refractivity contribution in [2.24, 2.45) is 4.99 Å². The predicted octanol–water partition coefficient (Wildman–Crippen LogP) is 2.25. The molecule has 0 fully saturated rings. The maximum absolute atomic E-state index is 4.57. The van der Waals surface area contributed by atoms with Crippen molar-refractivity contribution < 1.29 is 0 Å². The normalized spacial score (nSPS) is 16.8. The van der Waals surface area contributed by atoms with E-state index in [9.17, 15) is 0 Å². The number of aromatic nitrogens is 4. The third kappa shape index (κ3) is 5.15. The molecule has 1 aliphatic rings. The van der Waals surface area contributed by atoms with E-state index in [0.717, 1.165) is 67.1 Å². The number of aryl methyl sites for hydroxylation is 4. The molecule has 3 rings (SSSR count). The summed E-state index contributed by atoms with van der Waals surface area (Å²) in [6.45, 7) is 7.92. The molecule has 3 heterocycles. The van der Waals surface area contributed by atoms with Gasteiger partial charge < -0.3 is 10.6 Å². The zero-order valence-electron chi connectivity index (χ0n) is 15.9. The average molecular weight is 489 g/mol. The molecule has 1 aliphatic heterocycles. The van der Waals surface area contributed by atoms with Crippen LogP contribution in [0, 0.1) is 13.8 Å². The van der Waals surface area contributed by atoms with E-state index in [1.807, 2.05) is 11.7 Å². The van der Waals surface area contributed by atoms with Crippen molar-refractivity contribution in [3.8, 4) is 0 Å². The average Bonchev–Trinajstić information content (AvgIpc) is 3.15. The molecule has 0 aliphatic carbocycles. The van der Waals surface area contributed by atoms with Crippen LogP contribution >= 0.6 is 35.3 Å². The van der Waals surface area contributed by atoms with Gasteiger partial charge in [-0.2, -0.15) is 5.10 Å². The molecule has 2 N–H and O–H groups in total. The fourth-order valence-corrected chi connectivity index (χ4v) is 4.05. The summed E-state index contributed by atoms with van der Waals surface area (Å²) in [4.78, 5) is 14.8. The Morgan fingerprint density at radius 1 is 1.35 bits per heavy atom. The molecule has 0 radical (unpaired) electrons. The van der Waals surface area contributed by atoms with Crippen LogP contribution in [0.15, 0.2) is 4.99 Å². The Balaban J connectivity index is 0.00000243. The van der Waals surface area contributed by atoms with E-state index in [1.54, 1.807) is 11.3 Å². The lowest BCUT2D eigenvalue weighted by Gasteiger charge is -2.25. The lowest BCUT2D eigenvalue weighted by atomic mass is 10.1. The van der Waals surface area contributed by atoms with Crippen molar-refractivity contribution in [2.45, 2.75) is 59.0 Å². The number of halogens is 1. The van der Waals surface area contributed by atoms with Crippen LogP contribution in [-0.2, 0) is 25.8 Å². The molecule has 2 aromatic heterocycles. The van der Waals surface area contributed by atoms with Gasteiger partial charge in [0.15, 0.2) is 11.8 Å². The highest BCUT2D eigenvalue weighted by Gasteiger charge is 2.22. The number of thiazole rings is 1. The van der Waals surface area contributed by atoms with Gasteiger partial charge in [-0.1, -0.05) is 6.92 Å². The van der Waals surface area contributed by atoms with Crippen LogP contribution in [-0.4, -0.2) is 45.3 Å². The summed E-state index contributed by atoms with van der Waals surface area (Å²) in [6, 6.07) is 0.331. The monoisotopic (exact) mass is 489 g/mol. The van der Waals surface area contributed by atoms with Crippen molar-refractivity contribution >= 4 is 41.3 Å². The first-order chi connectivity index (χ1) is 12.1. The topological polar surface area (TPSA) is 80.0 Å². The lowest BCUT2D eigenvalue weighted by molar-refractivity contribution is 0.392. The third-order valence-corrected chi connectivity index (χ3v) is 5.56. The van der Waals surface area contributed by atoms with Gasteiger partial charge in [0.1, 0.15) is 5.82 Å². The van der Waals surface area contributed by atoms with Gasteiger partial charge in [-0.25, -0.2) is 14.6 Å². The Hall–Kier alpha value is -1.23. The molecule has 0 bridgehead atoms. The summed E-state index contributed by atoms with van der Waals surface area (Å²) in [6.07, 6.45) is 3.87. The predicted molar refractivity (Wildman–Crippen MR) is 117 cm³/mol. The standard InChI is InChI=1S/C17H27N7S.HI/c1-5-15-22-16-7-6-13(10-24(16)23-15)21-17(18-4)19-9-8-14-11(2)20-12(3)25-14;/h13H,5-10H2,1-4H3,(H2,18,19,21);1H. The minimum absolute atomic E-state index is 0. The van der Waals surface area contributed by atoms with Crippen LogP contribution in [0.2, 0.25) is 0 Å². The second kappa shape index (κ2) is 9.63. The van der Waals surface area contributed by atoms with Crippen molar-refractivity contribution in [3.63, 3.8) is 0 Å². The van der Waals surface area contributed by atoms with Gasteiger partial charge in [-0.15, -0.1) is 35.3 Å². The molecule has 0 saturated carbocycles. The number of aliphatic imine (C=N–C) groups is 1. The molecule has 144 valence electrons. The Morgan fingerprint density at radius 2 is 2.15 bits per heavy atom. The molecule has 0 amide bonds. The van der Waals surface area contributed by atoms with E-state index < -0.39 is 0 Å². The van der Waals surface area contributed by atoms with Crippen LogP contribution < -0.4 is 10.6 Å². The first-order valence-electron chi connectivity index (χ1n) is 8.91. The first kappa shape index (κ1) is 21.1. The fourth-order valence-electron chi connectivity index (χ4n) is 3.12. The fraction of sp³-hybridized carbons (Fsp3) is 0.647. The minimum atomic E-state index is 0. The molecular formula is C17H28IN7S. The number of hydrogen-bond donors (Lipinski definition) is 2. The van der Waals surface area contributed by atoms with E-state index in [2.05, 4.69) is 51.5 Å². The van der Waals surface area contributed by atoms with Crippen molar-refractivity contribution in [2.75, 3.05) is 13.6 Å². The summed E-state index contributed by atoms with van der Waals surface area (Å²) < 4.78 is 2.04. The van der Waals surface area contributed by atoms with Gasteiger partial charge in [-0.05, 0) is 20.3 Å². The Kier molecular flexibility index (Phi) is 7.81. The molecule has 2 aromatic rings. The van der Waals surface area contributed by atoms with Crippen LogP contribution in [0.5, 0.6) is 0 Å². The summed E-state index contributed by atoms with van der Waals surface area (Å²) >= 11 is 1.78. The largest absolute Gasteiger partial charge is 0.356 e. The molecule has 9 heteroatoms. The lowest BCUT2D eigenvalue weighted by Crippen LogP contribution is -2.47. The molecule has 0 aromatic carbocycles. The van der Waals surface area contributed by atoms with Crippen LogP contribution in [0.4, 0.5) is 0 Å². The number of fused-ring (bicyclic) bond motifs is 1. The molecule has 0 saturated heterocycles. The summed E-state index contributed by atoms with van der Waals surface area (Å²) in [5, 5.41) is 12.6. The molecule has 7 nitrogen and oxygen atoms in total. The molecule has 1 atom stereocenters. The van der Waals surface area contributed by atoms with Gasteiger partial charge in [0.05, 0.1) is 17.2 Å².